The number of rotatable bonds is 2. The number of hydrogen-bond acceptors (Lipinski definition) is 3. The van der Waals surface area contributed by atoms with E-state index in [4.69, 9.17) is 4.74 Å². The van der Waals surface area contributed by atoms with Crippen LogP contribution in [0.15, 0.2) is 29.3 Å². The highest BCUT2D eigenvalue weighted by molar-refractivity contribution is 5.92. The predicted molar refractivity (Wildman–Crippen MR) is 68.7 cm³/mol. The summed E-state index contributed by atoms with van der Waals surface area (Å²) in [5.74, 6) is 2.90. The van der Waals surface area contributed by atoms with Gasteiger partial charge in [-0.05, 0) is 12.0 Å². The average molecular weight is 230 g/mol. The fourth-order valence-corrected chi connectivity index (χ4v) is 2.68. The van der Waals surface area contributed by atoms with E-state index in [2.05, 4.69) is 42.4 Å². The Morgan fingerprint density at radius 3 is 2.88 bits per heavy atom. The zero-order valence-corrected chi connectivity index (χ0v) is 10.3. The Bertz CT molecular complexity index is 453. The molecule has 2 aliphatic heterocycles. The third-order valence-corrected chi connectivity index (χ3v) is 3.50. The zero-order chi connectivity index (χ0) is 11.8. The molecule has 0 aliphatic carbocycles. The Hall–Kier alpha value is -1.51. The summed E-state index contributed by atoms with van der Waals surface area (Å²) in [6.07, 6.45) is 0.205. The van der Waals surface area contributed by atoms with Crippen LogP contribution in [0.3, 0.4) is 0 Å². The molecule has 2 atom stereocenters. The Kier molecular flexibility index (Phi) is 2.54. The van der Waals surface area contributed by atoms with Gasteiger partial charge in [-0.2, -0.15) is 0 Å². The molecule has 17 heavy (non-hydrogen) atoms. The summed E-state index contributed by atoms with van der Waals surface area (Å²) in [7, 11) is 0. The molecule has 3 heteroatoms. The lowest BCUT2D eigenvalue weighted by Crippen LogP contribution is -2.35. The fourth-order valence-electron chi connectivity index (χ4n) is 2.68. The molecule has 0 amide bonds. The van der Waals surface area contributed by atoms with Gasteiger partial charge in [-0.1, -0.05) is 32.0 Å². The Labute approximate surface area is 102 Å². The van der Waals surface area contributed by atoms with Crippen LogP contribution in [0.1, 0.15) is 25.3 Å². The minimum Gasteiger partial charge on any atom is -0.489 e. The van der Waals surface area contributed by atoms with Crippen LogP contribution in [0.4, 0.5) is 0 Å². The van der Waals surface area contributed by atoms with Crippen LogP contribution >= 0.6 is 0 Å². The first-order chi connectivity index (χ1) is 8.27. The molecule has 1 aromatic carbocycles. The number of nitrogens with one attached hydrogen (secondary N) is 1. The second kappa shape index (κ2) is 4.06. The average Bonchev–Trinajstić information content (AvgIpc) is 2.94. The second-order valence-electron chi connectivity index (χ2n) is 5.04. The van der Waals surface area contributed by atoms with Crippen molar-refractivity contribution < 1.29 is 4.74 Å². The van der Waals surface area contributed by atoms with E-state index in [-0.39, 0.29) is 12.0 Å². The smallest absolute Gasteiger partial charge is 0.123 e. The summed E-state index contributed by atoms with van der Waals surface area (Å²) in [6, 6.07) is 8.32. The molecule has 1 N–H and O–H groups in total. The van der Waals surface area contributed by atoms with Gasteiger partial charge in [-0.3, -0.25) is 4.99 Å². The van der Waals surface area contributed by atoms with Crippen LogP contribution in [0.2, 0.25) is 0 Å². The summed E-state index contributed by atoms with van der Waals surface area (Å²) in [6.45, 7) is 6.26. The third-order valence-electron chi connectivity index (χ3n) is 3.50. The van der Waals surface area contributed by atoms with Gasteiger partial charge in [0.1, 0.15) is 17.7 Å². The van der Waals surface area contributed by atoms with E-state index >= 15 is 0 Å². The maximum Gasteiger partial charge on any atom is 0.123 e. The number of nitrogens with zero attached hydrogens (tertiary/aromatic N) is 1. The van der Waals surface area contributed by atoms with Gasteiger partial charge >= 0.3 is 0 Å². The van der Waals surface area contributed by atoms with Gasteiger partial charge in [0.2, 0.25) is 0 Å². The van der Waals surface area contributed by atoms with Crippen molar-refractivity contribution in [3.05, 3.63) is 29.8 Å². The van der Waals surface area contributed by atoms with Gasteiger partial charge in [0.25, 0.3) is 0 Å². The van der Waals surface area contributed by atoms with Crippen molar-refractivity contribution in [1.82, 2.24) is 5.32 Å². The molecule has 2 unspecified atom stereocenters. The Morgan fingerprint density at radius 2 is 2.18 bits per heavy atom. The summed E-state index contributed by atoms with van der Waals surface area (Å²) >= 11 is 0. The highest BCUT2D eigenvalue weighted by Gasteiger charge is 2.40. The normalized spacial score (nSPS) is 26.4. The van der Waals surface area contributed by atoms with Crippen molar-refractivity contribution in [2.75, 3.05) is 13.1 Å². The van der Waals surface area contributed by atoms with Crippen LogP contribution in [0.25, 0.3) is 0 Å². The van der Waals surface area contributed by atoms with Crippen molar-refractivity contribution in [1.29, 1.82) is 0 Å². The van der Waals surface area contributed by atoms with Crippen LogP contribution in [-0.2, 0) is 0 Å². The first-order valence-electron chi connectivity index (χ1n) is 6.31. The fraction of sp³-hybridized carbons (Fsp3) is 0.500. The molecule has 2 aliphatic rings. The number of benzene rings is 1. The van der Waals surface area contributed by atoms with Crippen molar-refractivity contribution >= 4 is 5.84 Å². The number of para-hydroxylation sites is 1. The van der Waals surface area contributed by atoms with E-state index in [1.165, 1.54) is 5.56 Å². The Balaban J connectivity index is 2.01. The van der Waals surface area contributed by atoms with Gasteiger partial charge in [0.15, 0.2) is 0 Å². The number of fused-ring (bicyclic) bond motifs is 1. The van der Waals surface area contributed by atoms with E-state index in [1.54, 1.807) is 0 Å². The SMILES string of the molecule is CC(C)C1Oc2ccccc2C1C1=NCCN1. The zero-order valence-electron chi connectivity index (χ0n) is 10.3. The molecule has 3 rings (SSSR count). The van der Waals surface area contributed by atoms with Crippen LogP contribution in [0.5, 0.6) is 5.75 Å². The van der Waals surface area contributed by atoms with Crippen molar-refractivity contribution in [2.24, 2.45) is 10.9 Å². The summed E-state index contributed by atoms with van der Waals surface area (Å²) in [4.78, 5) is 4.57. The van der Waals surface area contributed by atoms with Crippen molar-refractivity contribution in [3.63, 3.8) is 0 Å². The second-order valence-corrected chi connectivity index (χ2v) is 5.04. The first-order valence-corrected chi connectivity index (χ1v) is 6.31. The topological polar surface area (TPSA) is 33.6 Å². The Morgan fingerprint density at radius 1 is 1.35 bits per heavy atom. The van der Waals surface area contributed by atoms with Crippen LogP contribution in [-0.4, -0.2) is 25.0 Å². The van der Waals surface area contributed by atoms with Gasteiger partial charge < -0.3 is 10.1 Å². The summed E-state index contributed by atoms with van der Waals surface area (Å²) in [5.41, 5.74) is 1.28. The van der Waals surface area contributed by atoms with E-state index in [0.29, 0.717) is 5.92 Å². The highest BCUT2D eigenvalue weighted by atomic mass is 16.5. The van der Waals surface area contributed by atoms with Gasteiger partial charge in [-0.25, -0.2) is 0 Å². The van der Waals surface area contributed by atoms with Gasteiger partial charge in [0, 0.05) is 12.1 Å². The molecule has 0 bridgehead atoms. The predicted octanol–water partition coefficient (Wildman–Crippen LogP) is 2.19. The maximum atomic E-state index is 6.07. The third kappa shape index (κ3) is 1.70. The molecule has 1 aromatic rings. The molecule has 0 spiro atoms. The lowest BCUT2D eigenvalue weighted by molar-refractivity contribution is 0.170. The molecule has 90 valence electrons. The lowest BCUT2D eigenvalue weighted by atomic mass is 9.88. The van der Waals surface area contributed by atoms with E-state index in [1.807, 2.05) is 6.07 Å². The number of ether oxygens (including phenoxy) is 1. The number of aliphatic imine (C=N–C) groups is 1. The maximum absolute atomic E-state index is 6.07. The molecule has 2 heterocycles. The van der Waals surface area contributed by atoms with E-state index < -0.39 is 0 Å². The van der Waals surface area contributed by atoms with Crippen molar-refractivity contribution in [2.45, 2.75) is 25.9 Å². The summed E-state index contributed by atoms with van der Waals surface area (Å²) in [5, 5.41) is 3.39. The number of hydrogen-bond donors (Lipinski definition) is 1. The number of amidine groups is 1. The van der Waals surface area contributed by atoms with E-state index in [0.717, 1.165) is 24.7 Å². The monoisotopic (exact) mass is 230 g/mol. The molecule has 0 fully saturated rings. The van der Waals surface area contributed by atoms with Gasteiger partial charge in [-0.15, -0.1) is 0 Å². The minimum atomic E-state index is 0.205. The quantitative estimate of drug-likeness (QED) is 0.845. The molecular formula is C14H18N2O. The molecule has 0 saturated carbocycles. The standard InChI is InChI=1S/C14H18N2O/c1-9(2)13-12(14-15-7-8-16-14)10-5-3-4-6-11(10)17-13/h3-6,9,12-13H,7-8H2,1-2H3,(H,15,16). The van der Waals surface area contributed by atoms with Crippen molar-refractivity contribution in [3.8, 4) is 5.75 Å². The van der Waals surface area contributed by atoms with Crippen LogP contribution in [0, 0.1) is 5.92 Å². The molecule has 0 aromatic heterocycles. The molecule has 3 nitrogen and oxygen atoms in total. The summed E-state index contributed by atoms with van der Waals surface area (Å²) < 4.78 is 6.07. The first kappa shape index (κ1) is 10.6. The van der Waals surface area contributed by atoms with E-state index in [9.17, 15) is 0 Å². The van der Waals surface area contributed by atoms with Gasteiger partial charge in [0.05, 0.1) is 12.5 Å². The van der Waals surface area contributed by atoms with Crippen LogP contribution < -0.4 is 10.1 Å². The molecular weight excluding hydrogens is 212 g/mol. The highest BCUT2D eigenvalue weighted by Crippen LogP contribution is 2.41. The minimum absolute atomic E-state index is 0.205. The lowest BCUT2D eigenvalue weighted by Gasteiger charge is -2.22. The largest absolute Gasteiger partial charge is 0.489 e. The molecule has 0 radical (unpaired) electrons. The molecule has 0 saturated heterocycles.